The number of carbonyl (C=O) groups is 1. The quantitative estimate of drug-likeness (QED) is 0.879. The van der Waals surface area contributed by atoms with E-state index in [1.54, 1.807) is 7.05 Å². The van der Waals surface area contributed by atoms with Crippen molar-refractivity contribution in [3.63, 3.8) is 0 Å². The van der Waals surface area contributed by atoms with Crippen molar-refractivity contribution in [2.24, 2.45) is 12.5 Å². The lowest BCUT2D eigenvalue weighted by Crippen LogP contribution is -2.35. The molecule has 21 heavy (non-hydrogen) atoms. The van der Waals surface area contributed by atoms with Gasteiger partial charge >= 0.3 is 0 Å². The highest BCUT2D eigenvalue weighted by Crippen LogP contribution is 2.20. The Labute approximate surface area is 124 Å². The lowest BCUT2D eigenvalue weighted by atomic mass is 9.85. The number of nitrogens with zero attached hydrogens (tertiary/aromatic N) is 1. The van der Waals surface area contributed by atoms with Crippen LogP contribution in [0, 0.1) is 5.41 Å². The highest BCUT2D eigenvalue weighted by Gasteiger charge is 2.20. The average Bonchev–Trinajstić information content (AvgIpc) is 2.77. The zero-order valence-corrected chi connectivity index (χ0v) is 12.6. The van der Waals surface area contributed by atoms with Crippen LogP contribution in [-0.4, -0.2) is 22.2 Å². The van der Waals surface area contributed by atoms with Gasteiger partial charge in [-0.3, -0.25) is 19.4 Å². The number of amides is 1. The summed E-state index contributed by atoms with van der Waals surface area (Å²) in [5, 5.41) is 5.60. The molecule has 0 aliphatic rings. The molecule has 2 N–H and O–H groups in total. The Kier molecular flexibility index (Phi) is 4.31. The fourth-order valence-electron chi connectivity index (χ4n) is 2.23. The van der Waals surface area contributed by atoms with Gasteiger partial charge in [-0.25, -0.2) is 0 Å². The summed E-state index contributed by atoms with van der Waals surface area (Å²) in [5.41, 5.74) is 1.25. The Balaban J connectivity index is 1.95. The molecular formula is C16H21N3O2. The molecule has 0 atom stereocenters. The molecule has 0 saturated heterocycles. The predicted molar refractivity (Wildman–Crippen MR) is 82.3 cm³/mol. The molecule has 5 nitrogen and oxygen atoms in total. The zero-order valence-electron chi connectivity index (χ0n) is 12.6. The summed E-state index contributed by atoms with van der Waals surface area (Å²) >= 11 is 0. The van der Waals surface area contributed by atoms with E-state index in [0.29, 0.717) is 6.54 Å². The van der Waals surface area contributed by atoms with Crippen LogP contribution >= 0.6 is 0 Å². The molecule has 0 spiro atoms. The Bertz CT molecular complexity index is 668. The highest BCUT2D eigenvalue weighted by molar-refractivity contribution is 5.92. The van der Waals surface area contributed by atoms with E-state index in [-0.39, 0.29) is 22.6 Å². The molecule has 1 aromatic heterocycles. The fraction of sp³-hybridized carbons (Fsp3) is 0.375. The highest BCUT2D eigenvalue weighted by atomic mass is 16.2. The van der Waals surface area contributed by atoms with Crippen LogP contribution in [0.1, 0.15) is 29.9 Å². The molecule has 0 fully saturated rings. The standard InChI is InChI=1S/C16H21N3O2/c1-16(2,10-12-7-5-4-6-8-12)11-17-15(21)13-9-14(20)19(3)18-13/h4-9,18H,10-11H2,1-3H3,(H,17,21). The molecule has 1 heterocycles. The Morgan fingerprint density at radius 3 is 2.52 bits per heavy atom. The van der Waals surface area contributed by atoms with Crippen LogP contribution in [0.3, 0.4) is 0 Å². The van der Waals surface area contributed by atoms with Gasteiger partial charge in [-0.2, -0.15) is 0 Å². The summed E-state index contributed by atoms with van der Waals surface area (Å²) in [6, 6.07) is 11.5. The summed E-state index contributed by atoms with van der Waals surface area (Å²) in [6.07, 6.45) is 0.874. The molecule has 0 bridgehead atoms. The van der Waals surface area contributed by atoms with Crippen molar-refractivity contribution in [1.82, 2.24) is 15.1 Å². The van der Waals surface area contributed by atoms with Crippen LogP contribution in [0.25, 0.3) is 0 Å². The molecule has 0 aliphatic carbocycles. The Morgan fingerprint density at radius 2 is 1.95 bits per heavy atom. The van der Waals surface area contributed by atoms with Crippen LogP contribution in [0.4, 0.5) is 0 Å². The third kappa shape index (κ3) is 4.08. The van der Waals surface area contributed by atoms with Gasteiger partial charge in [-0.1, -0.05) is 44.2 Å². The zero-order chi connectivity index (χ0) is 15.5. The second-order valence-electron chi connectivity index (χ2n) is 6.08. The average molecular weight is 287 g/mol. The van der Waals surface area contributed by atoms with Gasteiger partial charge in [0.1, 0.15) is 5.69 Å². The summed E-state index contributed by atoms with van der Waals surface area (Å²) in [6.45, 7) is 4.75. The molecular weight excluding hydrogens is 266 g/mol. The summed E-state index contributed by atoms with van der Waals surface area (Å²) < 4.78 is 1.28. The number of aromatic amines is 1. The van der Waals surface area contributed by atoms with Crippen molar-refractivity contribution in [1.29, 1.82) is 0 Å². The van der Waals surface area contributed by atoms with E-state index in [1.807, 2.05) is 18.2 Å². The number of hydrogen-bond donors (Lipinski definition) is 2. The molecule has 1 amide bonds. The van der Waals surface area contributed by atoms with E-state index >= 15 is 0 Å². The van der Waals surface area contributed by atoms with Crippen molar-refractivity contribution >= 4 is 5.91 Å². The number of aryl methyl sites for hydroxylation is 1. The number of nitrogens with one attached hydrogen (secondary N) is 2. The van der Waals surface area contributed by atoms with Gasteiger partial charge in [0.25, 0.3) is 11.5 Å². The first-order valence-corrected chi connectivity index (χ1v) is 6.95. The third-order valence-corrected chi connectivity index (χ3v) is 3.38. The number of rotatable bonds is 5. The predicted octanol–water partition coefficient (Wildman–Crippen LogP) is 1.71. The summed E-state index contributed by atoms with van der Waals surface area (Å²) in [5.74, 6) is -0.256. The molecule has 2 aromatic rings. The summed E-state index contributed by atoms with van der Waals surface area (Å²) in [7, 11) is 1.58. The van der Waals surface area contributed by atoms with Crippen LogP contribution in [0.5, 0.6) is 0 Å². The largest absolute Gasteiger partial charge is 0.350 e. The van der Waals surface area contributed by atoms with E-state index in [1.165, 1.54) is 16.3 Å². The first kappa shape index (κ1) is 15.1. The van der Waals surface area contributed by atoms with E-state index < -0.39 is 0 Å². The molecule has 0 aliphatic heterocycles. The van der Waals surface area contributed by atoms with E-state index in [0.717, 1.165) is 6.42 Å². The lowest BCUT2D eigenvalue weighted by Gasteiger charge is -2.25. The van der Waals surface area contributed by atoms with Crippen molar-refractivity contribution in [2.45, 2.75) is 20.3 Å². The van der Waals surface area contributed by atoms with Crippen molar-refractivity contribution in [2.75, 3.05) is 6.54 Å². The van der Waals surface area contributed by atoms with Gasteiger partial charge in [-0.15, -0.1) is 0 Å². The Hall–Kier alpha value is -2.30. The molecule has 2 rings (SSSR count). The van der Waals surface area contributed by atoms with Crippen LogP contribution in [0.15, 0.2) is 41.2 Å². The number of H-pyrrole nitrogens is 1. The Morgan fingerprint density at radius 1 is 1.29 bits per heavy atom. The molecule has 0 unspecified atom stereocenters. The normalized spacial score (nSPS) is 11.4. The molecule has 0 saturated carbocycles. The first-order chi connectivity index (χ1) is 9.87. The molecule has 5 heteroatoms. The van der Waals surface area contributed by atoms with Crippen LogP contribution in [-0.2, 0) is 13.5 Å². The van der Waals surface area contributed by atoms with Crippen molar-refractivity contribution < 1.29 is 4.79 Å². The number of benzene rings is 1. The second kappa shape index (κ2) is 5.99. The minimum atomic E-state index is -0.256. The minimum absolute atomic E-state index is 0.0634. The third-order valence-electron chi connectivity index (χ3n) is 3.38. The minimum Gasteiger partial charge on any atom is -0.350 e. The summed E-state index contributed by atoms with van der Waals surface area (Å²) in [4.78, 5) is 23.4. The van der Waals surface area contributed by atoms with Crippen molar-refractivity contribution in [3.05, 3.63) is 58.0 Å². The van der Waals surface area contributed by atoms with Gasteiger partial charge in [-0.05, 0) is 17.4 Å². The van der Waals surface area contributed by atoms with Crippen molar-refractivity contribution in [3.8, 4) is 0 Å². The monoisotopic (exact) mass is 287 g/mol. The lowest BCUT2D eigenvalue weighted by molar-refractivity contribution is 0.0930. The van der Waals surface area contributed by atoms with E-state index in [4.69, 9.17) is 0 Å². The van der Waals surface area contributed by atoms with Gasteiger partial charge in [0.2, 0.25) is 0 Å². The van der Waals surface area contributed by atoms with E-state index in [2.05, 4.69) is 36.4 Å². The van der Waals surface area contributed by atoms with Gasteiger partial charge in [0.15, 0.2) is 0 Å². The number of carbonyl (C=O) groups excluding carboxylic acids is 1. The maximum atomic E-state index is 12.0. The number of hydrogen-bond acceptors (Lipinski definition) is 2. The maximum absolute atomic E-state index is 12.0. The second-order valence-corrected chi connectivity index (χ2v) is 6.08. The SMILES string of the molecule is Cn1[nH]c(C(=O)NCC(C)(C)Cc2ccccc2)cc1=O. The van der Waals surface area contributed by atoms with Gasteiger partial charge < -0.3 is 5.32 Å². The fourth-order valence-corrected chi connectivity index (χ4v) is 2.23. The first-order valence-electron chi connectivity index (χ1n) is 6.95. The smallest absolute Gasteiger partial charge is 0.269 e. The number of aromatic nitrogens is 2. The van der Waals surface area contributed by atoms with Gasteiger partial charge in [0.05, 0.1) is 0 Å². The maximum Gasteiger partial charge on any atom is 0.269 e. The molecule has 1 aromatic carbocycles. The van der Waals surface area contributed by atoms with Crippen LogP contribution < -0.4 is 10.9 Å². The van der Waals surface area contributed by atoms with Gasteiger partial charge in [0, 0.05) is 19.7 Å². The molecule has 112 valence electrons. The topological polar surface area (TPSA) is 66.9 Å². The molecule has 0 radical (unpaired) electrons. The van der Waals surface area contributed by atoms with E-state index in [9.17, 15) is 9.59 Å². The van der Waals surface area contributed by atoms with Crippen LogP contribution in [0.2, 0.25) is 0 Å².